The van der Waals surface area contributed by atoms with Gasteiger partial charge in [0.05, 0.1) is 6.54 Å². The predicted octanol–water partition coefficient (Wildman–Crippen LogP) is 1.62. The number of ketones is 1. The molecule has 37 heavy (non-hydrogen) atoms. The lowest BCUT2D eigenvalue weighted by molar-refractivity contribution is -0.140. The van der Waals surface area contributed by atoms with Gasteiger partial charge in [0.25, 0.3) is 0 Å². The standard InChI is InChI=1S/C27H40N4O6/c1-6-20(32)12-9-18-7-10-19(11-8-18)29-22(33)14-28-26(36)25(17(4)5)30-23(34)15-31-24(35)13-21(16(2)3)27(31)37/h7-8,10-11,16-17,21,25,27,37H,6,9,12-15H2,1-5H3,(H,28,36)(H,29,33)(H,30,34). The van der Waals surface area contributed by atoms with Crippen LogP contribution in [0.1, 0.15) is 59.4 Å². The topological polar surface area (TPSA) is 145 Å². The fourth-order valence-corrected chi connectivity index (χ4v) is 4.17. The number of aryl methyl sites for hydroxylation is 1. The Morgan fingerprint density at radius 2 is 1.70 bits per heavy atom. The molecule has 0 aromatic heterocycles. The summed E-state index contributed by atoms with van der Waals surface area (Å²) in [7, 11) is 0. The van der Waals surface area contributed by atoms with Gasteiger partial charge in [-0.25, -0.2) is 0 Å². The van der Waals surface area contributed by atoms with E-state index < -0.39 is 30.0 Å². The van der Waals surface area contributed by atoms with Crippen molar-refractivity contribution in [2.75, 3.05) is 18.4 Å². The Balaban J connectivity index is 1.84. The van der Waals surface area contributed by atoms with E-state index in [1.807, 2.05) is 32.9 Å². The first kappa shape index (κ1) is 30.0. The van der Waals surface area contributed by atoms with E-state index in [1.54, 1.807) is 26.0 Å². The third-order valence-corrected chi connectivity index (χ3v) is 6.62. The number of aliphatic hydroxyl groups is 1. The largest absolute Gasteiger partial charge is 0.373 e. The van der Waals surface area contributed by atoms with Gasteiger partial charge in [-0.3, -0.25) is 24.0 Å². The van der Waals surface area contributed by atoms with Crippen LogP contribution in [-0.2, 0) is 30.4 Å². The van der Waals surface area contributed by atoms with E-state index in [0.717, 1.165) is 10.5 Å². The summed E-state index contributed by atoms with van der Waals surface area (Å²) in [5.41, 5.74) is 1.55. The van der Waals surface area contributed by atoms with Gasteiger partial charge in [0.2, 0.25) is 23.6 Å². The van der Waals surface area contributed by atoms with Gasteiger partial charge in [0, 0.05) is 30.9 Å². The second kappa shape index (κ2) is 13.9. The molecule has 1 aromatic carbocycles. The third kappa shape index (κ3) is 8.96. The van der Waals surface area contributed by atoms with Crippen LogP contribution < -0.4 is 16.0 Å². The molecule has 1 aromatic rings. The second-order valence-corrected chi connectivity index (χ2v) is 10.2. The first-order chi connectivity index (χ1) is 17.4. The Bertz CT molecular complexity index is 976. The number of anilines is 1. The Morgan fingerprint density at radius 3 is 2.24 bits per heavy atom. The van der Waals surface area contributed by atoms with Crippen molar-refractivity contribution in [2.24, 2.45) is 17.8 Å². The molecule has 3 atom stereocenters. The van der Waals surface area contributed by atoms with Crippen LogP contribution in [0.3, 0.4) is 0 Å². The van der Waals surface area contributed by atoms with Gasteiger partial charge >= 0.3 is 0 Å². The molecule has 204 valence electrons. The van der Waals surface area contributed by atoms with Gasteiger partial charge in [0.1, 0.15) is 24.6 Å². The molecule has 1 fully saturated rings. The Labute approximate surface area is 218 Å². The predicted molar refractivity (Wildman–Crippen MR) is 139 cm³/mol. The van der Waals surface area contributed by atoms with Gasteiger partial charge in [-0.05, 0) is 36.0 Å². The minimum atomic E-state index is -1.04. The van der Waals surface area contributed by atoms with Crippen LogP contribution >= 0.6 is 0 Å². The zero-order valence-corrected chi connectivity index (χ0v) is 22.4. The molecule has 1 saturated heterocycles. The number of aliphatic hydroxyl groups excluding tert-OH is 1. The quantitative estimate of drug-likeness (QED) is 0.314. The van der Waals surface area contributed by atoms with Gasteiger partial charge in [-0.15, -0.1) is 0 Å². The molecule has 1 heterocycles. The SMILES string of the molecule is CCC(=O)CCc1ccc(NC(=O)CNC(=O)C(NC(=O)CN2C(=O)CC(C(C)C)C2O)C(C)C)cc1. The van der Waals surface area contributed by atoms with E-state index in [9.17, 15) is 29.1 Å². The van der Waals surface area contributed by atoms with Crippen molar-refractivity contribution in [3.05, 3.63) is 29.8 Å². The van der Waals surface area contributed by atoms with Crippen molar-refractivity contribution in [1.82, 2.24) is 15.5 Å². The van der Waals surface area contributed by atoms with Crippen LogP contribution in [0.25, 0.3) is 0 Å². The molecule has 4 amide bonds. The number of carbonyl (C=O) groups is 5. The average Bonchev–Trinajstić information content (AvgIpc) is 3.13. The van der Waals surface area contributed by atoms with E-state index in [1.165, 1.54) is 0 Å². The maximum atomic E-state index is 12.7. The maximum Gasteiger partial charge on any atom is 0.243 e. The molecule has 0 spiro atoms. The number of benzene rings is 1. The van der Waals surface area contributed by atoms with Crippen molar-refractivity contribution < 1.29 is 29.1 Å². The molecule has 2 rings (SSSR count). The van der Waals surface area contributed by atoms with E-state index in [-0.39, 0.29) is 49.0 Å². The summed E-state index contributed by atoms with van der Waals surface area (Å²) in [6, 6.07) is 6.24. The molecule has 1 aliphatic heterocycles. The summed E-state index contributed by atoms with van der Waals surface area (Å²) in [6.45, 7) is 8.53. The molecule has 10 nitrogen and oxygen atoms in total. The summed E-state index contributed by atoms with van der Waals surface area (Å²) in [5, 5.41) is 18.3. The molecule has 0 radical (unpaired) electrons. The second-order valence-electron chi connectivity index (χ2n) is 10.2. The van der Waals surface area contributed by atoms with Crippen molar-refractivity contribution in [1.29, 1.82) is 0 Å². The number of likely N-dealkylation sites (tertiary alicyclic amines) is 1. The highest BCUT2D eigenvalue weighted by Crippen LogP contribution is 2.29. The normalized spacial score (nSPS) is 18.2. The number of carbonyl (C=O) groups excluding carboxylic acids is 5. The minimum absolute atomic E-state index is 0.0850. The smallest absolute Gasteiger partial charge is 0.243 e. The van der Waals surface area contributed by atoms with E-state index in [4.69, 9.17) is 0 Å². The van der Waals surface area contributed by atoms with Crippen molar-refractivity contribution >= 4 is 35.1 Å². The van der Waals surface area contributed by atoms with Crippen LogP contribution in [0.4, 0.5) is 5.69 Å². The number of nitrogens with zero attached hydrogens (tertiary/aromatic N) is 1. The van der Waals surface area contributed by atoms with Crippen molar-refractivity contribution in [3.63, 3.8) is 0 Å². The maximum absolute atomic E-state index is 12.7. The number of amides is 4. The highest BCUT2D eigenvalue weighted by Gasteiger charge is 2.41. The fraction of sp³-hybridized carbons (Fsp3) is 0.593. The molecule has 0 aliphatic carbocycles. The van der Waals surface area contributed by atoms with E-state index >= 15 is 0 Å². The lowest BCUT2D eigenvalue weighted by Crippen LogP contribution is -2.53. The molecule has 3 unspecified atom stereocenters. The Morgan fingerprint density at radius 1 is 1.05 bits per heavy atom. The Hall–Kier alpha value is -3.27. The Kier molecular flexibility index (Phi) is 11.2. The molecule has 10 heteroatoms. The molecule has 4 N–H and O–H groups in total. The monoisotopic (exact) mass is 516 g/mol. The fourth-order valence-electron chi connectivity index (χ4n) is 4.17. The summed E-state index contributed by atoms with van der Waals surface area (Å²) in [5.74, 6) is -2.05. The highest BCUT2D eigenvalue weighted by molar-refractivity contribution is 5.96. The first-order valence-electron chi connectivity index (χ1n) is 12.9. The minimum Gasteiger partial charge on any atom is -0.373 e. The van der Waals surface area contributed by atoms with E-state index in [2.05, 4.69) is 16.0 Å². The van der Waals surface area contributed by atoms with Crippen LogP contribution in [0, 0.1) is 17.8 Å². The molecular weight excluding hydrogens is 476 g/mol. The van der Waals surface area contributed by atoms with Gasteiger partial charge in [0.15, 0.2) is 0 Å². The molecule has 0 saturated carbocycles. The summed E-state index contributed by atoms with van der Waals surface area (Å²) >= 11 is 0. The average molecular weight is 517 g/mol. The number of rotatable bonds is 13. The lowest BCUT2D eigenvalue weighted by atomic mass is 9.94. The first-order valence-corrected chi connectivity index (χ1v) is 12.9. The zero-order valence-electron chi connectivity index (χ0n) is 22.4. The van der Waals surface area contributed by atoms with Crippen LogP contribution in [-0.4, -0.2) is 64.8 Å². The number of hydrogen-bond donors (Lipinski definition) is 4. The van der Waals surface area contributed by atoms with Gasteiger partial charge in [-0.1, -0.05) is 46.8 Å². The molecule has 0 bridgehead atoms. The molecule has 1 aliphatic rings. The van der Waals surface area contributed by atoms with Crippen LogP contribution in [0.2, 0.25) is 0 Å². The number of Topliss-reactive ketones (excluding diaryl/α,β-unsaturated/α-hetero) is 1. The number of hydrogen-bond acceptors (Lipinski definition) is 6. The molecular formula is C27H40N4O6. The van der Waals surface area contributed by atoms with E-state index in [0.29, 0.717) is 24.9 Å². The van der Waals surface area contributed by atoms with Crippen LogP contribution in [0.5, 0.6) is 0 Å². The highest BCUT2D eigenvalue weighted by atomic mass is 16.3. The lowest BCUT2D eigenvalue weighted by Gasteiger charge is -2.26. The number of nitrogens with one attached hydrogen (secondary N) is 3. The van der Waals surface area contributed by atoms with Gasteiger partial charge < -0.3 is 26.0 Å². The van der Waals surface area contributed by atoms with Gasteiger partial charge in [-0.2, -0.15) is 0 Å². The summed E-state index contributed by atoms with van der Waals surface area (Å²) < 4.78 is 0. The van der Waals surface area contributed by atoms with Crippen molar-refractivity contribution in [3.8, 4) is 0 Å². The third-order valence-electron chi connectivity index (χ3n) is 6.62. The van der Waals surface area contributed by atoms with Crippen LogP contribution in [0.15, 0.2) is 24.3 Å². The summed E-state index contributed by atoms with van der Waals surface area (Å²) in [6.07, 6.45) is 0.774. The summed E-state index contributed by atoms with van der Waals surface area (Å²) in [4.78, 5) is 62.5. The van der Waals surface area contributed by atoms with Crippen molar-refractivity contribution in [2.45, 2.75) is 72.6 Å². The zero-order chi connectivity index (χ0) is 27.7.